The van der Waals surface area contributed by atoms with Crippen molar-refractivity contribution in [3.63, 3.8) is 0 Å². The van der Waals surface area contributed by atoms with Crippen molar-refractivity contribution in [1.82, 2.24) is 5.32 Å². The molecule has 1 aromatic carbocycles. The highest BCUT2D eigenvalue weighted by Gasteiger charge is 2.19. The third-order valence-corrected chi connectivity index (χ3v) is 3.16. The summed E-state index contributed by atoms with van der Waals surface area (Å²) in [5.74, 6) is 0.353. The number of piperidine rings is 1. The predicted octanol–water partition coefficient (Wildman–Crippen LogP) is 2.91. The van der Waals surface area contributed by atoms with Gasteiger partial charge in [-0.25, -0.2) is 4.39 Å². The van der Waals surface area contributed by atoms with Crippen LogP contribution >= 0.6 is 0 Å². The van der Waals surface area contributed by atoms with Crippen LogP contribution in [0.5, 0.6) is 0 Å². The molecule has 0 amide bonds. The van der Waals surface area contributed by atoms with Gasteiger partial charge in [0.15, 0.2) is 0 Å². The van der Waals surface area contributed by atoms with Gasteiger partial charge < -0.3 is 5.32 Å². The summed E-state index contributed by atoms with van der Waals surface area (Å²) in [5.41, 5.74) is 2.84. The van der Waals surface area contributed by atoms with Crippen LogP contribution in [-0.2, 0) is 0 Å². The van der Waals surface area contributed by atoms with E-state index >= 15 is 0 Å². The monoisotopic (exact) mass is 207 g/mol. The zero-order chi connectivity index (χ0) is 10.8. The van der Waals surface area contributed by atoms with Crippen molar-refractivity contribution < 1.29 is 4.39 Å². The lowest BCUT2D eigenvalue weighted by Gasteiger charge is -2.24. The number of rotatable bonds is 1. The van der Waals surface area contributed by atoms with Gasteiger partial charge in [0.05, 0.1) is 0 Å². The van der Waals surface area contributed by atoms with E-state index in [2.05, 4.69) is 5.32 Å². The SMILES string of the molecule is Cc1cc(C)c(F)c(C2CCCNC2)c1. The molecule has 1 heterocycles. The number of aryl methyl sites for hydroxylation is 2. The molecule has 1 fully saturated rings. The summed E-state index contributed by atoms with van der Waals surface area (Å²) in [5, 5.41) is 3.33. The van der Waals surface area contributed by atoms with Gasteiger partial charge in [-0.15, -0.1) is 0 Å². The second-order valence-corrected chi connectivity index (χ2v) is 4.53. The van der Waals surface area contributed by atoms with Gasteiger partial charge in [-0.2, -0.15) is 0 Å². The van der Waals surface area contributed by atoms with Gasteiger partial charge in [0, 0.05) is 6.54 Å². The molecule has 82 valence electrons. The molecule has 2 rings (SSSR count). The molecule has 1 atom stereocenters. The highest BCUT2D eigenvalue weighted by atomic mass is 19.1. The maximum atomic E-state index is 13.9. The Morgan fingerprint density at radius 2 is 2.13 bits per heavy atom. The second-order valence-electron chi connectivity index (χ2n) is 4.53. The molecular weight excluding hydrogens is 189 g/mol. The van der Waals surface area contributed by atoms with E-state index in [9.17, 15) is 4.39 Å². The van der Waals surface area contributed by atoms with Crippen LogP contribution in [0, 0.1) is 19.7 Å². The zero-order valence-corrected chi connectivity index (χ0v) is 9.44. The lowest BCUT2D eigenvalue weighted by atomic mass is 9.89. The fourth-order valence-corrected chi connectivity index (χ4v) is 2.40. The first-order chi connectivity index (χ1) is 7.18. The highest BCUT2D eigenvalue weighted by molar-refractivity contribution is 5.33. The van der Waals surface area contributed by atoms with Crippen LogP contribution in [0.15, 0.2) is 12.1 Å². The maximum absolute atomic E-state index is 13.9. The number of halogens is 1. The van der Waals surface area contributed by atoms with Gasteiger partial charge in [-0.3, -0.25) is 0 Å². The summed E-state index contributed by atoms with van der Waals surface area (Å²) in [6, 6.07) is 3.91. The van der Waals surface area contributed by atoms with Crippen molar-refractivity contribution >= 4 is 0 Å². The third kappa shape index (κ3) is 2.20. The average Bonchev–Trinajstić information content (AvgIpc) is 2.24. The molecule has 1 aromatic rings. The Kier molecular flexibility index (Phi) is 3.06. The van der Waals surface area contributed by atoms with E-state index in [1.807, 2.05) is 26.0 Å². The van der Waals surface area contributed by atoms with Gasteiger partial charge in [0.1, 0.15) is 5.82 Å². The average molecular weight is 207 g/mol. The van der Waals surface area contributed by atoms with E-state index in [1.165, 1.54) is 0 Å². The Hall–Kier alpha value is -0.890. The minimum absolute atomic E-state index is 0.00528. The molecule has 15 heavy (non-hydrogen) atoms. The highest BCUT2D eigenvalue weighted by Crippen LogP contribution is 2.28. The topological polar surface area (TPSA) is 12.0 Å². The molecule has 1 saturated heterocycles. The normalized spacial score (nSPS) is 21.7. The third-order valence-electron chi connectivity index (χ3n) is 3.16. The molecule has 0 radical (unpaired) electrons. The van der Waals surface area contributed by atoms with Gasteiger partial charge in [-0.1, -0.05) is 17.7 Å². The standard InChI is InChI=1S/C13H18FN/c1-9-6-10(2)13(14)12(7-9)11-4-3-5-15-8-11/h6-7,11,15H,3-5,8H2,1-2H3. The number of hydrogen-bond donors (Lipinski definition) is 1. The van der Waals surface area contributed by atoms with Crippen molar-refractivity contribution in [2.24, 2.45) is 0 Å². The Morgan fingerprint density at radius 1 is 1.33 bits per heavy atom. The van der Waals surface area contributed by atoms with Crippen LogP contribution in [0.4, 0.5) is 4.39 Å². The summed E-state index contributed by atoms with van der Waals surface area (Å²) < 4.78 is 13.9. The minimum Gasteiger partial charge on any atom is -0.316 e. The molecular formula is C13H18FN. The Labute approximate surface area is 90.7 Å². The van der Waals surface area contributed by atoms with Crippen LogP contribution in [-0.4, -0.2) is 13.1 Å². The molecule has 1 aliphatic heterocycles. The molecule has 0 bridgehead atoms. The van der Waals surface area contributed by atoms with Gasteiger partial charge in [-0.05, 0) is 50.3 Å². The van der Waals surface area contributed by atoms with Crippen LogP contribution in [0.1, 0.15) is 35.4 Å². The first-order valence-electron chi connectivity index (χ1n) is 5.66. The predicted molar refractivity (Wildman–Crippen MR) is 60.7 cm³/mol. The van der Waals surface area contributed by atoms with Crippen molar-refractivity contribution in [1.29, 1.82) is 0 Å². The fourth-order valence-electron chi connectivity index (χ4n) is 2.40. The minimum atomic E-state index is -0.00528. The van der Waals surface area contributed by atoms with Crippen LogP contribution in [0.25, 0.3) is 0 Å². The summed E-state index contributed by atoms with van der Waals surface area (Å²) in [7, 11) is 0. The summed E-state index contributed by atoms with van der Waals surface area (Å²) in [4.78, 5) is 0. The van der Waals surface area contributed by atoms with Crippen LogP contribution < -0.4 is 5.32 Å². The Balaban J connectivity index is 2.33. The lowest BCUT2D eigenvalue weighted by Crippen LogP contribution is -2.29. The van der Waals surface area contributed by atoms with Crippen molar-refractivity contribution in [2.45, 2.75) is 32.6 Å². The molecule has 0 aromatic heterocycles. The molecule has 1 nitrogen and oxygen atoms in total. The molecule has 1 N–H and O–H groups in total. The van der Waals surface area contributed by atoms with E-state index in [-0.39, 0.29) is 5.82 Å². The van der Waals surface area contributed by atoms with Crippen LogP contribution in [0.2, 0.25) is 0 Å². The van der Waals surface area contributed by atoms with Gasteiger partial charge >= 0.3 is 0 Å². The zero-order valence-electron chi connectivity index (χ0n) is 9.44. The fraction of sp³-hybridized carbons (Fsp3) is 0.538. The smallest absolute Gasteiger partial charge is 0.129 e. The molecule has 0 spiro atoms. The molecule has 1 unspecified atom stereocenters. The Bertz CT molecular complexity index is 354. The Morgan fingerprint density at radius 3 is 2.80 bits per heavy atom. The molecule has 2 heteroatoms. The molecule has 0 saturated carbocycles. The molecule has 1 aliphatic rings. The first kappa shape index (κ1) is 10.6. The largest absolute Gasteiger partial charge is 0.316 e. The molecule has 0 aliphatic carbocycles. The van der Waals surface area contributed by atoms with E-state index in [1.54, 1.807) is 0 Å². The van der Waals surface area contributed by atoms with E-state index < -0.39 is 0 Å². The first-order valence-corrected chi connectivity index (χ1v) is 5.66. The van der Waals surface area contributed by atoms with E-state index in [4.69, 9.17) is 0 Å². The van der Waals surface area contributed by atoms with Crippen molar-refractivity contribution in [2.75, 3.05) is 13.1 Å². The summed E-state index contributed by atoms with van der Waals surface area (Å²) in [6.07, 6.45) is 2.25. The lowest BCUT2D eigenvalue weighted by molar-refractivity contribution is 0.445. The van der Waals surface area contributed by atoms with Crippen LogP contribution in [0.3, 0.4) is 0 Å². The van der Waals surface area contributed by atoms with Crippen molar-refractivity contribution in [3.05, 3.63) is 34.6 Å². The van der Waals surface area contributed by atoms with Gasteiger partial charge in [0.2, 0.25) is 0 Å². The maximum Gasteiger partial charge on any atom is 0.129 e. The second kappa shape index (κ2) is 4.31. The van der Waals surface area contributed by atoms with E-state index in [0.29, 0.717) is 5.92 Å². The number of hydrogen-bond acceptors (Lipinski definition) is 1. The number of nitrogens with one attached hydrogen (secondary N) is 1. The summed E-state index contributed by atoms with van der Waals surface area (Å²) >= 11 is 0. The van der Waals surface area contributed by atoms with Crippen molar-refractivity contribution in [3.8, 4) is 0 Å². The quantitative estimate of drug-likeness (QED) is 0.746. The summed E-state index contributed by atoms with van der Waals surface area (Å²) in [6.45, 7) is 5.87. The van der Waals surface area contributed by atoms with Gasteiger partial charge in [0.25, 0.3) is 0 Å². The number of benzene rings is 1. The van der Waals surface area contributed by atoms with E-state index in [0.717, 1.165) is 42.6 Å².